The molecule has 0 unspecified atom stereocenters. The largest absolute Gasteiger partial charge is 0.380 e. The van der Waals surface area contributed by atoms with E-state index in [0.29, 0.717) is 10.0 Å². The third kappa shape index (κ3) is 1.97. The number of pyridine rings is 1. The van der Waals surface area contributed by atoms with Gasteiger partial charge in [0, 0.05) is 23.3 Å². The van der Waals surface area contributed by atoms with Crippen molar-refractivity contribution in [3.63, 3.8) is 0 Å². The highest BCUT2D eigenvalue weighted by Gasteiger charge is 2.05. The standard InChI is InChI=1S/C7H7BrFNO/c1-11-4-5-6(8)2-10-3-7(5)9/h2-3H,4H2,1H3. The zero-order chi connectivity index (χ0) is 8.27. The van der Waals surface area contributed by atoms with Crippen LogP contribution in [0.3, 0.4) is 0 Å². The van der Waals surface area contributed by atoms with Gasteiger partial charge < -0.3 is 4.74 Å². The van der Waals surface area contributed by atoms with Crippen LogP contribution in [0.25, 0.3) is 0 Å². The summed E-state index contributed by atoms with van der Waals surface area (Å²) >= 11 is 3.17. The van der Waals surface area contributed by atoms with E-state index in [1.165, 1.54) is 19.5 Å². The Labute approximate surface area is 72.5 Å². The zero-order valence-corrected chi connectivity index (χ0v) is 7.56. The van der Waals surface area contributed by atoms with Crippen molar-refractivity contribution in [2.24, 2.45) is 0 Å². The van der Waals surface area contributed by atoms with Crippen molar-refractivity contribution in [3.05, 3.63) is 28.2 Å². The monoisotopic (exact) mass is 219 g/mol. The maximum atomic E-state index is 12.9. The first-order valence-electron chi connectivity index (χ1n) is 3.02. The number of hydrogen-bond acceptors (Lipinski definition) is 2. The van der Waals surface area contributed by atoms with Crippen LogP contribution < -0.4 is 0 Å². The molecule has 0 saturated heterocycles. The normalized spacial score (nSPS) is 10.1. The van der Waals surface area contributed by atoms with E-state index < -0.39 is 0 Å². The fraction of sp³-hybridized carbons (Fsp3) is 0.286. The van der Waals surface area contributed by atoms with E-state index in [0.717, 1.165) is 0 Å². The fourth-order valence-electron chi connectivity index (χ4n) is 0.720. The molecule has 2 nitrogen and oxygen atoms in total. The van der Waals surface area contributed by atoms with E-state index in [2.05, 4.69) is 20.9 Å². The van der Waals surface area contributed by atoms with Crippen molar-refractivity contribution < 1.29 is 9.13 Å². The maximum Gasteiger partial charge on any atom is 0.148 e. The Morgan fingerprint density at radius 1 is 1.64 bits per heavy atom. The molecule has 4 heteroatoms. The van der Waals surface area contributed by atoms with Gasteiger partial charge in [-0.05, 0) is 15.9 Å². The van der Waals surface area contributed by atoms with Crippen LogP contribution in [0.1, 0.15) is 5.56 Å². The molecule has 0 bridgehead atoms. The summed E-state index contributed by atoms with van der Waals surface area (Å²) < 4.78 is 18.3. The second-order valence-corrected chi connectivity index (χ2v) is 2.87. The molecule has 1 aromatic rings. The molecule has 0 aromatic carbocycles. The SMILES string of the molecule is COCc1c(F)cncc1Br. The first kappa shape index (κ1) is 8.62. The Hall–Kier alpha value is -0.480. The highest BCUT2D eigenvalue weighted by Crippen LogP contribution is 2.18. The van der Waals surface area contributed by atoms with Crippen molar-refractivity contribution in [2.45, 2.75) is 6.61 Å². The molecule has 1 heterocycles. The average molecular weight is 220 g/mol. The summed E-state index contributed by atoms with van der Waals surface area (Å²) in [6.07, 6.45) is 2.70. The predicted octanol–water partition coefficient (Wildman–Crippen LogP) is 2.13. The molecule has 1 aromatic heterocycles. The van der Waals surface area contributed by atoms with Crippen LogP contribution >= 0.6 is 15.9 Å². The van der Waals surface area contributed by atoms with Crippen molar-refractivity contribution in [1.82, 2.24) is 4.98 Å². The second-order valence-electron chi connectivity index (χ2n) is 2.01. The van der Waals surface area contributed by atoms with Crippen LogP contribution in [-0.4, -0.2) is 12.1 Å². The van der Waals surface area contributed by atoms with Crippen LogP contribution in [-0.2, 0) is 11.3 Å². The summed E-state index contributed by atoms with van der Waals surface area (Å²) in [5, 5.41) is 0. The minimum atomic E-state index is -0.346. The topological polar surface area (TPSA) is 22.1 Å². The van der Waals surface area contributed by atoms with E-state index in [-0.39, 0.29) is 12.4 Å². The first-order valence-corrected chi connectivity index (χ1v) is 3.82. The minimum absolute atomic E-state index is 0.259. The third-order valence-electron chi connectivity index (χ3n) is 1.24. The average Bonchev–Trinajstić information content (AvgIpc) is 1.97. The zero-order valence-electron chi connectivity index (χ0n) is 5.97. The predicted molar refractivity (Wildman–Crippen MR) is 42.6 cm³/mol. The van der Waals surface area contributed by atoms with Gasteiger partial charge in [0.15, 0.2) is 0 Å². The van der Waals surface area contributed by atoms with E-state index in [1.807, 2.05) is 0 Å². The second kappa shape index (κ2) is 3.78. The Bertz CT molecular complexity index is 234. The van der Waals surface area contributed by atoms with Crippen LogP contribution in [0, 0.1) is 5.82 Å². The number of rotatable bonds is 2. The van der Waals surface area contributed by atoms with Crippen LogP contribution in [0.5, 0.6) is 0 Å². The van der Waals surface area contributed by atoms with Gasteiger partial charge in [0.2, 0.25) is 0 Å². The summed E-state index contributed by atoms with van der Waals surface area (Å²) in [5.74, 6) is -0.346. The molecule has 0 saturated carbocycles. The number of aromatic nitrogens is 1. The van der Waals surface area contributed by atoms with Crippen molar-refractivity contribution in [1.29, 1.82) is 0 Å². The number of hydrogen-bond donors (Lipinski definition) is 0. The molecule has 0 aliphatic rings. The number of methoxy groups -OCH3 is 1. The molecule has 0 atom stereocenters. The molecule has 60 valence electrons. The highest BCUT2D eigenvalue weighted by molar-refractivity contribution is 9.10. The summed E-state index contributed by atoms with van der Waals surface area (Å²) in [4.78, 5) is 3.65. The lowest BCUT2D eigenvalue weighted by Crippen LogP contribution is -1.94. The summed E-state index contributed by atoms with van der Waals surface area (Å²) in [6, 6.07) is 0. The van der Waals surface area contributed by atoms with Gasteiger partial charge in [0.05, 0.1) is 12.8 Å². The Morgan fingerprint density at radius 2 is 2.36 bits per heavy atom. The van der Waals surface area contributed by atoms with Crippen molar-refractivity contribution in [2.75, 3.05) is 7.11 Å². The van der Waals surface area contributed by atoms with E-state index in [4.69, 9.17) is 4.74 Å². The molecule has 0 aliphatic carbocycles. The minimum Gasteiger partial charge on any atom is -0.380 e. The van der Waals surface area contributed by atoms with Gasteiger partial charge in [0.25, 0.3) is 0 Å². The molecule has 0 amide bonds. The molecule has 0 N–H and O–H groups in total. The molecule has 0 radical (unpaired) electrons. The summed E-state index contributed by atoms with van der Waals surface area (Å²) in [5.41, 5.74) is 0.502. The lowest BCUT2D eigenvalue weighted by molar-refractivity contribution is 0.180. The summed E-state index contributed by atoms with van der Waals surface area (Å²) in [6.45, 7) is 0.259. The van der Waals surface area contributed by atoms with Gasteiger partial charge in [-0.25, -0.2) is 4.39 Å². The molecule has 0 aliphatic heterocycles. The van der Waals surface area contributed by atoms with Crippen molar-refractivity contribution >= 4 is 15.9 Å². The van der Waals surface area contributed by atoms with Gasteiger partial charge in [-0.15, -0.1) is 0 Å². The smallest absolute Gasteiger partial charge is 0.148 e. The number of nitrogens with zero attached hydrogens (tertiary/aromatic N) is 1. The number of halogens is 2. The maximum absolute atomic E-state index is 12.9. The molecule has 11 heavy (non-hydrogen) atoms. The molecule has 0 fully saturated rings. The third-order valence-corrected chi connectivity index (χ3v) is 1.92. The van der Waals surface area contributed by atoms with Crippen LogP contribution in [0.4, 0.5) is 4.39 Å². The van der Waals surface area contributed by atoms with Gasteiger partial charge >= 0.3 is 0 Å². The van der Waals surface area contributed by atoms with Gasteiger partial charge in [-0.1, -0.05) is 0 Å². The van der Waals surface area contributed by atoms with Crippen molar-refractivity contribution in [3.8, 4) is 0 Å². The number of ether oxygens (including phenoxy) is 1. The van der Waals surface area contributed by atoms with E-state index in [1.54, 1.807) is 0 Å². The quantitative estimate of drug-likeness (QED) is 0.761. The van der Waals surface area contributed by atoms with Gasteiger partial charge in [-0.3, -0.25) is 4.98 Å². The Kier molecular flexibility index (Phi) is 2.96. The first-order chi connectivity index (χ1) is 5.25. The highest BCUT2D eigenvalue weighted by atomic mass is 79.9. The Balaban J connectivity index is 3.00. The van der Waals surface area contributed by atoms with Crippen LogP contribution in [0.15, 0.2) is 16.9 Å². The van der Waals surface area contributed by atoms with Crippen LogP contribution in [0.2, 0.25) is 0 Å². The molecular formula is C7H7BrFNO. The van der Waals surface area contributed by atoms with Gasteiger partial charge in [0.1, 0.15) is 5.82 Å². The lowest BCUT2D eigenvalue weighted by atomic mass is 10.3. The molecular weight excluding hydrogens is 213 g/mol. The van der Waals surface area contributed by atoms with E-state index >= 15 is 0 Å². The Morgan fingerprint density at radius 3 is 2.91 bits per heavy atom. The summed E-state index contributed by atoms with van der Waals surface area (Å²) in [7, 11) is 1.52. The molecule has 0 spiro atoms. The van der Waals surface area contributed by atoms with E-state index in [9.17, 15) is 4.39 Å². The molecule has 1 rings (SSSR count). The lowest BCUT2D eigenvalue weighted by Gasteiger charge is -2.02. The fourth-order valence-corrected chi connectivity index (χ4v) is 1.14. The van der Waals surface area contributed by atoms with Gasteiger partial charge in [-0.2, -0.15) is 0 Å².